The molecule has 0 saturated carbocycles. The van der Waals surface area contributed by atoms with Crippen LogP contribution in [-0.4, -0.2) is 19.2 Å². The zero-order valence-corrected chi connectivity index (χ0v) is 9.03. The van der Waals surface area contributed by atoms with Gasteiger partial charge >= 0.3 is 0 Å². The highest BCUT2D eigenvalue weighted by atomic mass is 35.5. The molecule has 8 heteroatoms. The number of nitrogens with zero attached hydrogens (tertiary/aromatic N) is 4. The third-order valence-corrected chi connectivity index (χ3v) is 2.79. The summed E-state index contributed by atoms with van der Waals surface area (Å²) >= 11 is 11.5. The van der Waals surface area contributed by atoms with Crippen LogP contribution >= 0.6 is 23.2 Å². The van der Waals surface area contributed by atoms with Crippen LogP contribution in [0, 0.1) is 0 Å². The molecule has 0 aromatic carbocycles. The van der Waals surface area contributed by atoms with Gasteiger partial charge in [0.25, 0.3) is 11.1 Å². The number of fused-ring (bicyclic) bond motifs is 2. The van der Waals surface area contributed by atoms with Gasteiger partial charge in [-0.3, -0.25) is 9.59 Å². The van der Waals surface area contributed by atoms with Crippen LogP contribution in [0.5, 0.6) is 0 Å². The average Bonchev–Trinajstić information content (AvgIpc) is 2.80. The summed E-state index contributed by atoms with van der Waals surface area (Å²) < 4.78 is 1.85. The van der Waals surface area contributed by atoms with Crippen LogP contribution < -0.4 is 11.1 Å². The Morgan fingerprint density at radius 1 is 0.875 bits per heavy atom. The Labute approximate surface area is 97.0 Å². The van der Waals surface area contributed by atoms with E-state index in [1.165, 1.54) is 12.4 Å². The summed E-state index contributed by atoms with van der Waals surface area (Å²) in [4.78, 5) is 23.8. The third kappa shape index (κ3) is 0.975. The molecule has 0 aliphatic carbocycles. The summed E-state index contributed by atoms with van der Waals surface area (Å²) in [7, 11) is 0. The van der Waals surface area contributed by atoms with E-state index in [2.05, 4.69) is 10.2 Å². The molecule has 0 unspecified atom stereocenters. The normalized spacial score (nSPS) is 11.6. The molecule has 80 valence electrons. The van der Waals surface area contributed by atoms with Crippen LogP contribution in [0.25, 0.3) is 11.0 Å². The van der Waals surface area contributed by atoms with Crippen molar-refractivity contribution in [3.8, 4) is 0 Å². The van der Waals surface area contributed by atoms with Crippen molar-refractivity contribution in [1.29, 1.82) is 0 Å². The van der Waals surface area contributed by atoms with E-state index in [9.17, 15) is 9.59 Å². The van der Waals surface area contributed by atoms with E-state index in [0.29, 0.717) is 0 Å². The molecule has 0 aliphatic heterocycles. The molecule has 16 heavy (non-hydrogen) atoms. The van der Waals surface area contributed by atoms with Crippen molar-refractivity contribution in [3.63, 3.8) is 0 Å². The first-order chi connectivity index (χ1) is 7.61. The highest BCUT2D eigenvalue weighted by Gasteiger charge is 2.17. The summed E-state index contributed by atoms with van der Waals surface area (Å²) in [5.74, 6) is 0. The number of hydrogen-bond donors (Lipinski definition) is 0. The summed E-state index contributed by atoms with van der Waals surface area (Å²) in [6.45, 7) is 0. The fraction of sp³-hybridized carbons (Fsp3) is 0. The maximum atomic E-state index is 11.9. The Balaban J connectivity index is 2.83. The lowest BCUT2D eigenvalue weighted by atomic mass is 10.4. The lowest BCUT2D eigenvalue weighted by molar-refractivity contribution is 0.852. The van der Waals surface area contributed by atoms with E-state index in [4.69, 9.17) is 23.2 Å². The van der Waals surface area contributed by atoms with E-state index in [-0.39, 0.29) is 21.1 Å². The second-order valence-electron chi connectivity index (χ2n) is 3.12. The Bertz CT molecular complexity index is 752. The molecule has 3 rings (SSSR count). The van der Waals surface area contributed by atoms with Gasteiger partial charge in [0.1, 0.15) is 0 Å². The maximum Gasteiger partial charge on any atom is 0.299 e. The molecule has 3 aromatic rings. The van der Waals surface area contributed by atoms with Gasteiger partial charge in [0.05, 0.1) is 22.4 Å². The van der Waals surface area contributed by atoms with Crippen molar-refractivity contribution in [1.82, 2.24) is 19.2 Å². The Morgan fingerprint density at radius 3 is 1.62 bits per heavy atom. The predicted octanol–water partition coefficient (Wildman–Crippen LogP) is 0.447. The lowest BCUT2D eigenvalue weighted by Crippen LogP contribution is -2.27. The largest absolute Gasteiger partial charge is 0.299 e. The van der Waals surface area contributed by atoms with E-state index >= 15 is 0 Å². The molecule has 0 saturated heterocycles. The van der Waals surface area contributed by atoms with Crippen LogP contribution in [0.4, 0.5) is 0 Å². The predicted molar refractivity (Wildman–Crippen MR) is 57.7 cm³/mol. The summed E-state index contributed by atoms with van der Waals surface area (Å²) in [5, 5.41) is 7.66. The molecule has 0 amide bonds. The van der Waals surface area contributed by atoms with Gasteiger partial charge in [0, 0.05) is 0 Å². The zero-order valence-electron chi connectivity index (χ0n) is 7.52. The number of hydrogen-bond acceptors (Lipinski definition) is 4. The van der Waals surface area contributed by atoms with E-state index in [1.807, 2.05) is 0 Å². The standard InChI is InChI=1S/C8H2Cl2N4O2/c9-3-1-11-13-5(3)7(15)14-6(8(13)16)4(10)2-12-14/h1-2H. The molecule has 0 bridgehead atoms. The van der Waals surface area contributed by atoms with Crippen LogP contribution in [0.1, 0.15) is 0 Å². The minimum Gasteiger partial charge on any atom is -0.265 e. The van der Waals surface area contributed by atoms with E-state index < -0.39 is 11.1 Å². The van der Waals surface area contributed by atoms with Crippen molar-refractivity contribution in [2.45, 2.75) is 0 Å². The second-order valence-corrected chi connectivity index (χ2v) is 3.93. The molecule has 3 aromatic heterocycles. The number of halogens is 2. The van der Waals surface area contributed by atoms with Gasteiger partial charge in [-0.15, -0.1) is 0 Å². The van der Waals surface area contributed by atoms with Gasteiger partial charge in [-0.2, -0.15) is 19.2 Å². The number of rotatable bonds is 0. The first-order valence-electron chi connectivity index (χ1n) is 4.17. The van der Waals surface area contributed by atoms with Gasteiger partial charge in [-0.25, -0.2) is 0 Å². The fourth-order valence-electron chi connectivity index (χ4n) is 1.55. The van der Waals surface area contributed by atoms with Gasteiger partial charge < -0.3 is 0 Å². The molecule has 0 atom stereocenters. The van der Waals surface area contributed by atoms with Crippen LogP contribution in [0.3, 0.4) is 0 Å². The summed E-state index contributed by atoms with van der Waals surface area (Å²) in [6, 6.07) is 0. The monoisotopic (exact) mass is 256 g/mol. The SMILES string of the molecule is O=c1c2c(Cl)cnn2c(=O)c2c(Cl)cnn12. The van der Waals surface area contributed by atoms with Crippen molar-refractivity contribution >= 4 is 34.2 Å². The molecule has 3 heterocycles. The Hall–Kier alpha value is -1.66. The molecular formula is C8H2Cl2N4O2. The van der Waals surface area contributed by atoms with Crippen molar-refractivity contribution < 1.29 is 0 Å². The molecule has 0 fully saturated rings. The first-order valence-corrected chi connectivity index (χ1v) is 4.93. The van der Waals surface area contributed by atoms with Crippen LogP contribution in [-0.2, 0) is 0 Å². The average molecular weight is 257 g/mol. The lowest BCUT2D eigenvalue weighted by Gasteiger charge is -1.94. The zero-order chi connectivity index (χ0) is 11.4. The highest BCUT2D eigenvalue weighted by molar-refractivity contribution is 6.34. The van der Waals surface area contributed by atoms with Crippen molar-refractivity contribution in [3.05, 3.63) is 43.1 Å². The van der Waals surface area contributed by atoms with Crippen LogP contribution in [0.2, 0.25) is 10.0 Å². The minimum absolute atomic E-state index is 0.000988. The molecule has 6 nitrogen and oxygen atoms in total. The fourth-order valence-corrected chi connectivity index (χ4v) is 1.96. The quantitative estimate of drug-likeness (QED) is 0.586. The summed E-state index contributed by atoms with van der Waals surface area (Å²) in [6.07, 6.45) is 2.46. The van der Waals surface area contributed by atoms with Crippen LogP contribution in [0.15, 0.2) is 22.0 Å². The number of aromatic nitrogens is 4. The first kappa shape index (κ1) is 9.56. The van der Waals surface area contributed by atoms with Gasteiger partial charge in [-0.1, -0.05) is 23.2 Å². The van der Waals surface area contributed by atoms with Gasteiger partial charge in [0.2, 0.25) is 0 Å². The van der Waals surface area contributed by atoms with Crippen molar-refractivity contribution in [2.75, 3.05) is 0 Å². The summed E-state index contributed by atoms with van der Waals surface area (Å²) in [5.41, 5.74) is -1.05. The highest BCUT2D eigenvalue weighted by Crippen LogP contribution is 2.14. The molecule has 0 radical (unpaired) electrons. The Morgan fingerprint density at radius 2 is 1.25 bits per heavy atom. The topological polar surface area (TPSA) is 68.7 Å². The third-order valence-electron chi connectivity index (χ3n) is 2.24. The van der Waals surface area contributed by atoms with E-state index in [1.54, 1.807) is 0 Å². The molecular weight excluding hydrogens is 255 g/mol. The molecule has 0 N–H and O–H groups in total. The van der Waals surface area contributed by atoms with E-state index in [0.717, 1.165) is 9.03 Å². The second kappa shape index (κ2) is 2.93. The van der Waals surface area contributed by atoms with Crippen molar-refractivity contribution in [2.24, 2.45) is 0 Å². The van der Waals surface area contributed by atoms with Gasteiger partial charge in [-0.05, 0) is 0 Å². The molecule has 0 aliphatic rings. The minimum atomic E-state index is -0.524. The maximum absolute atomic E-state index is 11.9. The smallest absolute Gasteiger partial charge is 0.265 e. The molecule has 0 spiro atoms. The Kier molecular flexibility index (Phi) is 1.75. The van der Waals surface area contributed by atoms with Gasteiger partial charge in [0.15, 0.2) is 11.0 Å².